The molecule has 0 heterocycles. The number of benzene rings is 1. The van der Waals surface area contributed by atoms with E-state index in [1.165, 1.54) is 25.0 Å². The van der Waals surface area contributed by atoms with E-state index in [2.05, 4.69) is 19.4 Å². The third kappa shape index (κ3) is 8.84. The Morgan fingerprint density at radius 2 is 1.79 bits per heavy atom. The summed E-state index contributed by atoms with van der Waals surface area (Å²) in [6.45, 7) is 9.57. The third-order valence-electron chi connectivity index (χ3n) is 4.83. The van der Waals surface area contributed by atoms with Crippen molar-refractivity contribution in [3.8, 4) is 12.3 Å². The average Bonchev–Trinajstić information content (AvgIpc) is 2.68. The summed E-state index contributed by atoms with van der Waals surface area (Å²) in [5.41, 5.74) is 1.90. The molecule has 0 aromatic heterocycles. The lowest BCUT2D eigenvalue weighted by Crippen LogP contribution is -2.38. The van der Waals surface area contributed by atoms with E-state index < -0.39 is 16.0 Å². The Hall–Kier alpha value is -2.10. The van der Waals surface area contributed by atoms with Gasteiger partial charge in [0.1, 0.15) is 5.92 Å². The first kappa shape index (κ1) is 24.9. The number of carbonyl (C=O) groups excluding carboxylic acids is 1. The van der Waals surface area contributed by atoms with Crippen LogP contribution in [0, 0.1) is 18.3 Å². The molecule has 1 atom stereocenters. The Morgan fingerprint density at radius 3 is 2.31 bits per heavy atom. The van der Waals surface area contributed by atoms with Crippen molar-refractivity contribution in [1.82, 2.24) is 4.90 Å². The van der Waals surface area contributed by atoms with Crippen molar-refractivity contribution < 1.29 is 17.8 Å². The highest BCUT2D eigenvalue weighted by Gasteiger charge is 2.23. The van der Waals surface area contributed by atoms with Gasteiger partial charge in [-0.3, -0.25) is 9.35 Å². The summed E-state index contributed by atoms with van der Waals surface area (Å²) < 4.78 is 31.4. The highest BCUT2D eigenvalue weighted by Crippen LogP contribution is 2.17. The fourth-order valence-electron chi connectivity index (χ4n) is 3.12. The summed E-state index contributed by atoms with van der Waals surface area (Å²) in [5.74, 6) is 1.87. The monoisotopic (exact) mass is 419 g/mol. The number of hydrogen-bond donors (Lipinski definition) is 1. The van der Waals surface area contributed by atoms with Gasteiger partial charge < -0.3 is 4.90 Å². The molecule has 1 rings (SSSR count). The second-order valence-electron chi connectivity index (χ2n) is 7.32. The lowest BCUT2D eigenvalue weighted by atomic mass is 9.98. The van der Waals surface area contributed by atoms with E-state index in [0.717, 1.165) is 36.8 Å². The Balaban J connectivity index is 2.75. The van der Waals surface area contributed by atoms with E-state index in [1.807, 2.05) is 11.8 Å². The fraction of sp³-hybridized carbons (Fsp3) is 0.522. The zero-order chi connectivity index (χ0) is 21.9. The summed E-state index contributed by atoms with van der Waals surface area (Å²) in [4.78, 5) is 14.6. The number of nitrogens with zero attached hydrogens (tertiary/aromatic N) is 1. The first-order chi connectivity index (χ1) is 13.7. The third-order valence-corrected chi connectivity index (χ3v) is 5.70. The average molecular weight is 420 g/mol. The van der Waals surface area contributed by atoms with Crippen molar-refractivity contribution in [2.75, 3.05) is 13.1 Å². The maximum Gasteiger partial charge on any atom is 0.294 e. The van der Waals surface area contributed by atoms with E-state index >= 15 is 0 Å². The second kappa shape index (κ2) is 12.5. The molecule has 0 aliphatic heterocycles. The number of unbranched alkanes of at least 4 members (excludes halogenated alkanes) is 2. The molecule has 0 saturated heterocycles. The van der Waals surface area contributed by atoms with Gasteiger partial charge in [0.2, 0.25) is 5.91 Å². The molecule has 0 spiro atoms. The van der Waals surface area contributed by atoms with Crippen molar-refractivity contribution in [2.45, 2.75) is 63.7 Å². The van der Waals surface area contributed by atoms with Gasteiger partial charge in [-0.05, 0) is 49.8 Å². The largest absolute Gasteiger partial charge is 0.341 e. The lowest BCUT2D eigenvalue weighted by Gasteiger charge is -2.25. The molecule has 1 N–H and O–H groups in total. The SMILES string of the molecule is C#C[C@@H](Cc1ccc(S(=O)(=O)O)cc1)C(=O)N(CCC)CCC(=C)CCCCC. The molecule has 0 bridgehead atoms. The quantitative estimate of drug-likeness (QED) is 0.221. The van der Waals surface area contributed by atoms with E-state index in [1.54, 1.807) is 12.1 Å². The number of amides is 1. The van der Waals surface area contributed by atoms with Crippen LogP contribution in [-0.4, -0.2) is 36.9 Å². The van der Waals surface area contributed by atoms with Gasteiger partial charge in [-0.1, -0.05) is 56.9 Å². The minimum Gasteiger partial charge on any atom is -0.341 e. The molecule has 0 radical (unpaired) electrons. The van der Waals surface area contributed by atoms with E-state index in [0.29, 0.717) is 19.5 Å². The van der Waals surface area contributed by atoms with Gasteiger partial charge in [0, 0.05) is 13.1 Å². The van der Waals surface area contributed by atoms with Crippen LogP contribution in [0.4, 0.5) is 0 Å². The summed E-state index contributed by atoms with van der Waals surface area (Å²) in [6, 6.07) is 5.76. The van der Waals surface area contributed by atoms with Crippen LogP contribution in [0.1, 0.15) is 57.9 Å². The Morgan fingerprint density at radius 1 is 1.14 bits per heavy atom. The highest BCUT2D eigenvalue weighted by atomic mass is 32.2. The molecule has 29 heavy (non-hydrogen) atoms. The van der Waals surface area contributed by atoms with E-state index in [4.69, 9.17) is 11.0 Å². The van der Waals surface area contributed by atoms with Crippen molar-refractivity contribution in [1.29, 1.82) is 0 Å². The van der Waals surface area contributed by atoms with Crippen LogP contribution in [0.3, 0.4) is 0 Å². The smallest absolute Gasteiger partial charge is 0.294 e. The first-order valence-electron chi connectivity index (χ1n) is 10.2. The second-order valence-corrected chi connectivity index (χ2v) is 8.75. The van der Waals surface area contributed by atoms with Crippen LogP contribution in [0.15, 0.2) is 41.3 Å². The highest BCUT2D eigenvalue weighted by molar-refractivity contribution is 7.85. The van der Waals surface area contributed by atoms with Crippen molar-refractivity contribution >= 4 is 16.0 Å². The van der Waals surface area contributed by atoms with Crippen molar-refractivity contribution in [3.63, 3.8) is 0 Å². The Labute approximate surface area is 175 Å². The predicted octanol–water partition coefficient (Wildman–Crippen LogP) is 4.49. The van der Waals surface area contributed by atoms with Gasteiger partial charge in [-0.25, -0.2) is 0 Å². The Bertz CT molecular complexity index is 806. The molecule has 5 nitrogen and oxygen atoms in total. The molecule has 160 valence electrons. The standard InChI is InChI=1S/C23H33NO4S/c1-5-8-9-10-19(4)15-17-24(16-6-2)23(25)21(7-3)18-20-11-13-22(14-12-20)29(26,27)28/h3,11-14,21H,4-6,8-10,15-18H2,1-2H3,(H,26,27,28)/t21-/m0/s1. The van der Waals surface area contributed by atoms with Crippen LogP contribution in [-0.2, 0) is 21.3 Å². The van der Waals surface area contributed by atoms with Gasteiger partial charge in [-0.2, -0.15) is 8.42 Å². The van der Waals surface area contributed by atoms with Crippen LogP contribution < -0.4 is 0 Å². The fourth-order valence-corrected chi connectivity index (χ4v) is 3.60. The normalized spacial score (nSPS) is 12.2. The molecule has 0 aliphatic rings. The minimum absolute atomic E-state index is 0.0884. The minimum atomic E-state index is -4.24. The van der Waals surface area contributed by atoms with Gasteiger partial charge in [0.05, 0.1) is 4.90 Å². The zero-order valence-electron chi connectivity index (χ0n) is 17.6. The topological polar surface area (TPSA) is 74.7 Å². The summed E-state index contributed by atoms with van der Waals surface area (Å²) in [5, 5.41) is 0. The number of rotatable bonds is 13. The molecule has 0 unspecified atom stereocenters. The van der Waals surface area contributed by atoms with Crippen molar-refractivity contribution in [2.24, 2.45) is 5.92 Å². The summed E-state index contributed by atoms with van der Waals surface area (Å²) in [7, 11) is -4.24. The number of hydrogen-bond acceptors (Lipinski definition) is 3. The first-order valence-corrected chi connectivity index (χ1v) is 11.6. The number of carbonyl (C=O) groups is 1. The van der Waals surface area contributed by atoms with Crippen molar-refractivity contribution in [3.05, 3.63) is 42.0 Å². The van der Waals surface area contributed by atoms with E-state index in [9.17, 15) is 13.2 Å². The summed E-state index contributed by atoms with van der Waals surface area (Å²) >= 11 is 0. The molecular formula is C23H33NO4S. The number of terminal acetylenes is 1. The molecule has 6 heteroatoms. The molecule has 0 aliphatic carbocycles. The zero-order valence-corrected chi connectivity index (χ0v) is 18.4. The van der Waals surface area contributed by atoms with Crippen LogP contribution >= 0.6 is 0 Å². The van der Waals surface area contributed by atoms with Crippen LogP contribution in [0.2, 0.25) is 0 Å². The maximum atomic E-state index is 13.0. The van der Waals surface area contributed by atoms with Gasteiger partial charge in [0.25, 0.3) is 10.1 Å². The van der Waals surface area contributed by atoms with Gasteiger partial charge >= 0.3 is 0 Å². The predicted molar refractivity (Wildman–Crippen MR) is 117 cm³/mol. The molecule has 1 aromatic rings. The molecular weight excluding hydrogens is 386 g/mol. The molecule has 1 amide bonds. The van der Waals surface area contributed by atoms with E-state index in [-0.39, 0.29) is 10.8 Å². The van der Waals surface area contributed by atoms with Gasteiger partial charge in [-0.15, -0.1) is 6.42 Å². The molecule has 0 saturated carbocycles. The lowest BCUT2D eigenvalue weighted by molar-refractivity contribution is -0.133. The summed E-state index contributed by atoms with van der Waals surface area (Å²) in [6.07, 6.45) is 12.0. The molecule has 0 fully saturated rings. The van der Waals surface area contributed by atoms with Crippen LogP contribution in [0.5, 0.6) is 0 Å². The maximum absolute atomic E-state index is 13.0. The van der Waals surface area contributed by atoms with Gasteiger partial charge in [0.15, 0.2) is 0 Å². The molecule has 1 aromatic carbocycles. The van der Waals surface area contributed by atoms with Crippen LogP contribution in [0.25, 0.3) is 0 Å². The Kier molecular flexibility index (Phi) is 10.7.